The van der Waals surface area contributed by atoms with E-state index in [4.69, 9.17) is 10.2 Å². The molecule has 0 saturated heterocycles. The summed E-state index contributed by atoms with van der Waals surface area (Å²) in [6.07, 6.45) is 10.5. The van der Waals surface area contributed by atoms with Crippen molar-refractivity contribution >= 4 is 17.7 Å². The Morgan fingerprint density at radius 3 is 1.71 bits per heavy atom. The van der Waals surface area contributed by atoms with Gasteiger partial charge in [0, 0.05) is 13.0 Å². The first kappa shape index (κ1) is 23.8. The fourth-order valence-corrected chi connectivity index (χ4v) is 3.99. The van der Waals surface area contributed by atoms with Crippen LogP contribution in [-0.2, 0) is 4.79 Å². The molecule has 0 aliphatic rings. The number of aliphatic hydroxyl groups excluding tert-OH is 1. The summed E-state index contributed by atoms with van der Waals surface area (Å²) in [7, 11) is 0. The van der Waals surface area contributed by atoms with E-state index in [0.717, 1.165) is 25.7 Å². The lowest BCUT2D eigenvalue weighted by Gasteiger charge is -2.24. The molecule has 0 aromatic heterocycles. The van der Waals surface area contributed by atoms with Gasteiger partial charge in [0.2, 0.25) is 0 Å². The molecular weight excluding hydrogens is 320 g/mol. The molecule has 0 aliphatic carbocycles. The van der Waals surface area contributed by atoms with Crippen LogP contribution >= 0.6 is 11.8 Å². The first-order valence-corrected chi connectivity index (χ1v) is 10.7. The van der Waals surface area contributed by atoms with E-state index in [1.807, 2.05) is 0 Å². The number of hydrogen-bond acceptors (Lipinski definition) is 3. The normalized spacial score (nSPS) is 12.5. The molecule has 0 spiro atoms. The highest BCUT2D eigenvalue weighted by molar-refractivity contribution is 7.99. The lowest BCUT2D eigenvalue weighted by Crippen LogP contribution is -2.13. The number of carboxylic acids is 1. The first-order chi connectivity index (χ1) is 11.2. The molecule has 0 fully saturated rings. The van der Waals surface area contributed by atoms with Crippen LogP contribution in [-0.4, -0.2) is 34.3 Å². The molecule has 0 heterocycles. The fraction of sp³-hybridized carbons (Fsp3) is 0.950. The summed E-state index contributed by atoms with van der Waals surface area (Å²) in [6, 6.07) is 0. The quantitative estimate of drug-likeness (QED) is 0.344. The molecule has 0 aromatic rings. The summed E-state index contributed by atoms with van der Waals surface area (Å²) in [5.41, 5.74) is 0.526. The Morgan fingerprint density at radius 1 is 0.792 bits per heavy atom. The Hall–Kier alpha value is -0.220. The van der Waals surface area contributed by atoms with Gasteiger partial charge in [-0.25, -0.2) is 0 Å². The van der Waals surface area contributed by atoms with Crippen LogP contribution in [0.3, 0.4) is 0 Å². The standard InChI is InChI=1S/C20H40O3S/c1-19(2,13-9-15-21)11-5-7-16-24-17-8-6-12-20(3,4)14-10-18(22)23/h21H,5-17H2,1-4H3,(H,22,23). The average Bonchev–Trinajstić information content (AvgIpc) is 2.49. The van der Waals surface area contributed by atoms with Gasteiger partial charge in [-0.2, -0.15) is 11.8 Å². The maximum Gasteiger partial charge on any atom is 0.303 e. The summed E-state index contributed by atoms with van der Waals surface area (Å²) < 4.78 is 0. The molecule has 4 heteroatoms. The third-order valence-corrected chi connectivity index (χ3v) is 5.97. The van der Waals surface area contributed by atoms with Crippen molar-refractivity contribution in [2.45, 2.75) is 91.9 Å². The lowest BCUT2D eigenvalue weighted by atomic mass is 9.83. The number of thioether (sulfide) groups is 1. The molecule has 3 nitrogen and oxygen atoms in total. The summed E-state index contributed by atoms with van der Waals surface area (Å²) >= 11 is 2.06. The van der Waals surface area contributed by atoms with Crippen LogP contribution in [0, 0.1) is 10.8 Å². The van der Waals surface area contributed by atoms with Crippen LogP contribution in [0.5, 0.6) is 0 Å². The van der Waals surface area contributed by atoms with Crippen LogP contribution < -0.4 is 0 Å². The minimum atomic E-state index is -0.682. The molecular formula is C20H40O3S. The van der Waals surface area contributed by atoms with Crippen LogP contribution in [0.25, 0.3) is 0 Å². The van der Waals surface area contributed by atoms with Crippen molar-refractivity contribution in [1.82, 2.24) is 0 Å². The topological polar surface area (TPSA) is 57.5 Å². The van der Waals surface area contributed by atoms with Gasteiger partial charge in [-0.3, -0.25) is 4.79 Å². The van der Waals surface area contributed by atoms with E-state index in [9.17, 15) is 4.79 Å². The van der Waals surface area contributed by atoms with Gasteiger partial charge in [-0.1, -0.05) is 40.5 Å². The van der Waals surface area contributed by atoms with Crippen LogP contribution in [0.2, 0.25) is 0 Å². The zero-order valence-corrected chi connectivity index (χ0v) is 17.2. The zero-order valence-electron chi connectivity index (χ0n) is 16.4. The predicted molar refractivity (Wildman–Crippen MR) is 106 cm³/mol. The molecule has 24 heavy (non-hydrogen) atoms. The van der Waals surface area contributed by atoms with Crippen LogP contribution in [0.4, 0.5) is 0 Å². The van der Waals surface area contributed by atoms with Crippen LogP contribution in [0.15, 0.2) is 0 Å². The van der Waals surface area contributed by atoms with Crippen molar-refractivity contribution < 1.29 is 15.0 Å². The average molecular weight is 361 g/mol. The van der Waals surface area contributed by atoms with E-state index in [2.05, 4.69) is 39.5 Å². The Kier molecular flexibility index (Phi) is 12.9. The highest BCUT2D eigenvalue weighted by Crippen LogP contribution is 2.30. The minimum Gasteiger partial charge on any atom is -0.481 e. The molecule has 2 N–H and O–H groups in total. The van der Waals surface area contributed by atoms with Gasteiger partial charge in [-0.15, -0.1) is 0 Å². The monoisotopic (exact) mass is 360 g/mol. The number of aliphatic carboxylic acids is 1. The molecule has 0 radical (unpaired) electrons. The molecule has 0 aliphatic heterocycles. The van der Waals surface area contributed by atoms with E-state index < -0.39 is 5.97 Å². The molecule has 144 valence electrons. The summed E-state index contributed by atoms with van der Waals surface area (Å²) in [4.78, 5) is 10.6. The molecule has 0 atom stereocenters. The van der Waals surface area contributed by atoms with Gasteiger partial charge in [0.05, 0.1) is 0 Å². The van der Waals surface area contributed by atoms with Gasteiger partial charge in [-0.05, 0) is 67.3 Å². The maximum absolute atomic E-state index is 10.6. The second kappa shape index (κ2) is 13.0. The lowest BCUT2D eigenvalue weighted by molar-refractivity contribution is -0.137. The summed E-state index contributed by atoms with van der Waals surface area (Å²) in [5.74, 6) is 1.79. The van der Waals surface area contributed by atoms with E-state index >= 15 is 0 Å². The Labute approximate surface area is 154 Å². The van der Waals surface area contributed by atoms with Gasteiger partial charge in [0.15, 0.2) is 0 Å². The van der Waals surface area contributed by atoms with Crippen molar-refractivity contribution in [3.05, 3.63) is 0 Å². The van der Waals surface area contributed by atoms with Crippen molar-refractivity contribution in [3.8, 4) is 0 Å². The number of aliphatic hydroxyl groups is 1. The van der Waals surface area contributed by atoms with Gasteiger partial charge < -0.3 is 10.2 Å². The molecule has 0 aromatic carbocycles. The molecule has 0 amide bonds. The number of carboxylic acid groups (broad SMARTS) is 1. The highest BCUT2D eigenvalue weighted by Gasteiger charge is 2.18. The van der Waals surface area contributed by atoms with E-state index in [-0.39, 0.29) is 11.8 Å². The van der Waals surface area contributed by atoms with Crippen molar-refractivity contribution in [2.24, 2.45) is 10.8 Å². The summed E-state index contributed by atoms with van der Waals surface area (Å²) in [6.45, 7) is 9.29. The van der Waals surface area contributed by atoms with E-state index in [1.165, 1.54) is 43.6 Å². The van der Waals surface area contributed by atoms with E-state index in [0.29, 0.717) is 12.0 Å². The molecule has 0 rings (SSSR count). The number of rotatable bonds is 16. The molecule has 0 saturated carbocycles. The third kappa shape index (κ3) is 15.3. The zero-order chi connectivity index (χ0) is 18.5. The summed E-state index contributed by atoms with van der Waals surface area (Å²) in [5, 5.41) is 17.7. The van der Waals surface area contributed by atoms with Gasteiger partial charge in [0.25, 0.3) is 0 Å². The highest BCUT2D eigenvalue weighted by atomic mass is 32.2. The maximum atomic E-state index is 10.6. The Morgan fingerprint density at radius 2 is 1.25 bits per heavy atom. The third-order valence-electron chi connectivity index (χ3n) is 4.81. The second-order valence-corrected chi connectivity index (χ2v) is 9.80. The predicted octanol–water partition coefficient (Wildman–Crippen LogP) is 5.75. The Bertz CT molecular complexity index is 327. The fourth-order valence-electron chi connectivity index (χ4n) is 2.97. The molecule has 0 unspecified atom stereocenters. The van der Waals surface area contributed by atoms with E-state index in [1.54, 1.807) is 0 Å². The smallest absolute Gasteiger partial charge is 0.303 e. The van der Waals surface area contributed by atoms with Gasteiger partial charge in [0.1, 0.15) is 0 Å². The van der Waals surface area contributed by atoms with Crippen molar-refractivity contribution in [3.63, 3.8) is 0 Å². The number of carbonyl (C=O) groups is 1. The largest absolute Gasteiger partial charge is 0.481 e. The van der Waals surface area contributed by atoms with Crippen molar-refractivity contribution in [2.75, 3.05) is 18.1 Å². The number of hydrogen-bond donors (Lipinski definition) is 2. The number of unbranched alkanes of at least 4 members (excludes halogenated alkanes) is 2. The second-order valence-electron chi connectivity index (χ2n) is 8.58. The van der Waals surface area contributed by atoms with Crippen molar-refractivity contribution in [1.29, 1.82) is 0 Å². The molecule has 0 bridgehead atoms. The van der Waals surface area contributed by atoms with Gasteiger partial charge >= 0.3 is 5.97 Å². The minimum absolute atomic E-state index is 0.156. The Balaban J connectivity index is 3.49. The first-order valence-electron chi connectivity index (χ1n) is 9.59. The SMILES string of the molecule is CC(C)(CCCO)CCCCSCCCCC(C)(C)CCC(=O)O. The van der Waals surface area contributed by atoms with Crippen LogP contribution in [0.1, 0.15) is 91.9 Å².